The molecular formula is C14H19NO2S. The van der Waals surface area contributed by atoms with Gasteiger partial charge < -0.3 is 10.8 Å². The van der Waals surface area contributed by atoms with E-state index in [0.717, 1.165) is 24.2 Å². The van der Waals surface area contributed by atoms with Crippen molar-refractivity contribution in [2.24, 2.45) is 5.73 Å². The summed E-state index contributed by atoms with van der Waals surface area (Å²) in [5.41, 5.74) is 7.00. The van der Waals surface area contributed by atoms with Crippen LogP contribution in [0.4, 0.5) is 0 Å². The van der Waals surface area contributed by atoms with Crippen LogP contribution in [-0.2, 0) is 10.2 Å². The number of aliphatic carboxylic acids is 1. The van der Waals surface area contributed by atoms with Crippen LogP contribution in [0.25, 0.3) is 0 Å². The van der Waals surface area contributed by atoms with Gasteiger partial charge in [0, 0.05) is 16.4 Å². The first-order valence-corrected chi connectivity index (χ1v) is 7.28. The molecule has 2 atom stereocenters. The normalized spacial score (nSPS) is 24.3. The van der Waals surface area contributed by atoms with Crippen molar-refractivity contribution in [1.29, 1.82) is 0 Å². The van der Waals surface area contributed by atoms with Crippen LogP contribution >= 0.6 is 11.8 Å². The van der Waals surface area contributed by atoms with E-state index in [9.17, 15) is 9.90 Å². The predicted molar refractivity (Wildman–Crippen MR) is 74.0 cm³/mol. The van der Waals surface area contributed by atoms with Gasteiger partial charge in [-0.15, -0.1) is 11.8 Å². The van der Waals surface area contributed by atoms with Gasteiger partial charge >= 0.3 is 5.97 Å². The Hall–Kier alpha value is -1.00. The maximum atomic E-state index is 11.2. The molecule has 0 spiro atoms. The van der Waals surface area contributed by atoms with E-state index in [1.54, 1.807) is 11.8 Å². The average molecular weight is 265 g/mol. The molecule has 2 unspecified atom stereocenters. The summed E-state index contributed by atoms with van der Waals surface area (Å²) in [6.45, 7) is 2.03. The van der Waals surface area contributed by atoms with E-state index >= 15 is 0 Å². The SMILES string of the molecule is CCC(N)C1(CC(=O)O)CCSc2ccccc21. The topological polar surface area (TPSA) is 63.3 Å². The Morgan fingerprint density at radius 1 is 1.56 bits per heavy atom. The van der Waals surface area contributed by atoms with Crippen LogP contribution in [0.2, 0.25) is 0 Å². The number of rotatable bonds is 4. The predicted octanol–water partition coefficient (Wildman–Crippen LogP) is 2.63. The van der Waals surface area contributed by atoms with E-state index in [1.807, 2.05) is 25.1 Å². The number of benzene rings is 1. The van der Waals surface area contributed by atoms with Gasteiger partial charge in [-0.3, -0.25) is 4.79 Å². The quantitative estimate of drug-likeness (QED) is 0.878. The molecule has 98 valence electrons. The summed E-state index contributed by atoms with van der Waals surface area (Å²) in [5.74, 6) is 0.179. The molecule has 2 rings (SSSR count). The van der Waals surface area contributed by atoms with Crippen molar-refractivity contribution in [3.8, 4) is 0 Å². The number of hydrogen-bond acceptors (Lipinski definition) is 3. The zero-order chi connectivity index (χ0) is 13.2. The molecule has 0 saturated heterocycles. The molecule has 1 aromatic carbocycles. The summed E-state index contributed by atoms with van der Waals surface area (Å²) in [6.07, 6.45) is 1.77. The van der Waals surface area contributed by atoms with Crippen molar-refractivity contribution in [3.05, 3.63) is 29.8 Å². The number of carboxylic acids is 1. The number of carboxylic acid groups (broad SMARTS) is 1. The fraction of sp³-hybridized carbons (Fsp3) is 0.500. The largest absolute Gasteiger partial charge is 0.481 e. The van der Waals surface area contributed by atoms with Gasteiger partial charge in [0.25, 0.3) is 0 Å². The van der Waals surface area contributed by atoms with E-state index in [2.05, 4.69) is 6.07 Å². The third kappa shape index (κ3) is 2.27. The van der Waals surface area contributed by atoms with E-state index in [0.29, 0.717) is 0 Å². The zero-order valence-electron chi connectivity index (χ0n) is 10.6. The summed E-state index contributed by atoms with van der Waals surface area (Å²) >= 11 is 1.80. The van der Waals surface area contributed by atoms with Gasteiger partial charge in [-0.05, 0) is 30.2 Å². The molecule has 0 radical (unpaired) electrons. The van der Waals surface area contributed by atoms with E-state index in [4.69, 9.17) is 5.73 Å². The minimum Gasteiger partial charge on any atom is -0.481 e. The second-order valence-electron chi connectivity index (χ2n) is 4.84. The van der Waals surface area contributed by atoms with Gasteiger partial charge in [0.15, 0.2) is 0 Å². The summed E-state index contributed by atoms with van der Waals surface area (Å²) < 4.78 is 0. The molecule has 4 heteroatoms. The molecule has 0 aliphatic carbocycles. The monoisotopic (exact) mass is 265 g/mol. The third-order valence-corrected chi connectivity index (χ3v) is 4.92. The fourth-order valence-corrected chi connectivity index (χ4v) is 4.13. The van der Waals surface area contributed by atoms with Crippen molar-refractivity contribution >= 4 is 17.7 Å². The molecule has 3 N–H and O–H groups in total. The van der Waals surface area contributed by atoms with Crippen molar-refractivity contribution < 1.29 is 9.90 Å². The van der Waals surface area contributed by atoms with Gasteiger partial charge in [-0.2, -0.15) is 0 Å². The molecule has 1 aromatic rings. The number of carbonyl (C=O) groups is 1. The summed E-state index contributed by atoms with van der Waals surface area (Å²) in [4.78, 5) is 12.4. The number of nitrogens with two attached hydrogens (primary N) is 1. The van der Waals surface area contributed by atoms with Crippen LogP contribution in [0.3, 0.4) is 0 Å². The molecule has 1 aliphatic rings. The van der Waals surface area contributed by atoms with Gasteiger partial charge in [-0.1, -0.05) is 25.1 Å². The third-order valence-electron chi connectivity index (χ3n) is 3.85. The van der Waals surface area contributed by atoms with Crippen molar-refractivity contribution in [3.63, 3.8) is 0 Å². The molecule has 3 nitrogen and oxygen atoms in total. The molecule has 0 amide bonds. The van der Waals surface area contributed by atoms with Crippen LogP contribution < -0.4 is 5.73 Å². The molecular weight excluding hydrogens is 246 g/mol. The smallest absolute Gasteiger partial charge is 0.304 e. The van der Waals surface area contributed by atoms with E-state index in [1.165, 1.54) is 4.90 Å². The fourth-order valence-electron chi connectivity index (χ4n) is 2.84. The summed E-state index contributed by atoms with van der Waals surface area (Å²) in [7, 11) is 0. The van der Waals surface area contributed by atoms with Gasteiger partial charge in [0.2, 0.25) is 0 Å². The maximum Gasteiger partial charge on any atom is 0.304 e. The minimum absolute atomic E-state index is 0.101. The van der Waals surface area contributed by atoms with Crippen LogP contribution in [0.5, 0.6) is 0 Å². The lowest BCUT2D eigenvalue weighted by molar-refractivity contribution is -0.138. The second kappa shape index (κ2) is 5.33. The molecule has 1 heterocycles. The molecule has 0 bridgehead atoms. The van der Waals surface area contributed by atoms with Crippen LogP contribution in [0.1, 0.15) is 31.7 Å². The first-order chi connectivity index (χ1) is 8.60. The van der Waals surface area contributed by atoms with Crippen LogP contribution in [0.15, 0.2) is 29.2 Å². The number of thioether (sulfide) groups is 1. The van der Waals surface area contributed by atoms with Gasteiger partial charge in [0.05, 0.1) is 6.42 Å². The lowest BCUT2D eigenvalue weighted by Gasteiger charge is -2.42. The summed E-state index contributed by atoms with van der Waals surface area (Å²) in [6, 6.07) is 7.98. The van der Waals surface area contributed by atoms with E-state index < -0.39 is 11.4 Å². The highest BCUT2D eigenvalue weighted by atomic mass is 32.2. The Labute approximate surface area is 112 Å². The Morgan fingerprint density at radius 2 is 2.28 bits per heavy atom. The second-order valence-corrected chi connectivity index (χ2v) is 5.97. The first kappa shape index (κ1) is 13.4. The Balaban J connectivity index is 2.51. The van der Waals surface area contributed by atoms with Crippen molar-refractivity contribution in [2.45, 2.75) is 42.5 Å². The highest BCUT2D eigenvalue weighted by Gasteiger charge is 2.42. The standard InChI is InChI=1S/C14H19NO2S/c1-2-12(15)14(9-13(16)17)7-8-18-11-6-4-3-5-10(11)14/h3-6,12H,2,7-9,15H2,1H3,(H,16,17). The van der Waals surface area contributed by atoms with Crippen LogP contribution in [0, 0.1) is 0 Å². The lowest BCUT2D eigenvalue weighted by atomic mass is 9.69. The van der Waals surface area contributed by atoms with Gasteiger partial charge in [0.1, 0.15) is 0 Å². The molecule has 0 aromatic heterocycles. The molecule has 0 fully saturated rings. The Bertz CT molecular complexity index is 449. The molecule has 1 aliphatic heterocycles. The highest BCUT2D eigenvalue weighted by molar-refractivity contribution is 7.99. The van der Waals surface area contributed by atoms with Crippen molar-refractivity contribution in [1.82, 2.24) is 0 Å². The van der Waals surface area contributed by atoms with Gasteiger partial charge in [-0.25, -0.2) is 0 Å². The molecule has 18 heavy (non-hydrogen) atoms. The zero-order valence-corrected chi connectivity index (χ0v) is 11.4. The Kier molecular flexibility index (Phi) is 3.97. The lowest BCUT2D eigenvalue weighted by Crippen LogP contribution is -2.48. The first-order valence-electron chi connectivity index (χ1n) is 6.30. The minimum atomic E-state index is -0.763. The highest BCUT2D eigenvalue weighted by Crippen LogP contribution is 2.46. The maximum absolute atomic E-state index is 11.2. The molecule has 0 saturated carbocycles. The van der Waals surface area contributed by atoms with E-state index in [-0.39, 0.29) is 12.5 Å². The average Bonchev–Trinajstić information content (AvgIpc) is 2.37. The number of hydrogen-bond donors (Lipinski definition) is 2. The number of fused-ring (bicyclic) bond motifs is 1. The van der Waals surface area contributed by atoms with Crippen molar-refractivity contribution in [2.75, 3.05) is 5.75 Å². The van der Waals surface area contributed by atoms with Crippen LogP contribution in [-0.4, -0.2) is 22.9 Å². The Morgan fingerprint density at radius 3 is 2.94 bits per heavy atom. The summed E-state index contributed by atoms with van der Waals surface area (Å²) in [5, 5.41) is 9.24.